The summed E-state index contributed by atoms with van der Waals surface area (Å²) in [4.78, 5) is 61.5. The van der Waals surface area contributed by atoms with Crippen molar-refractivity contribution < 1.29 is 48.0 Å². The molecule has 13 atom stereocenters. The summed E-state index contributed by atoms with van der Waals surface area (Å²) in [6.45, 7) is 13.5. The zero-order chi connectivity index (χ0) is 36.3. The van der Waals surface area contributed by atoms with Crippen molar-refractivity contribution >= 4 is 23.6 Å². The van der Waals surface area contributed by atoms with E-state index >= 15 is 0 Å². The molecule has 0 aromatic carbocycles. The summed E-state index contributed by atoms with van der Waals surface area (Å²) in [6.07, 6.45) is -4.37. The number of esters is 1. The van der Waals surface area contributed by atoms with Crippen LogP contribution in [0.1, 0.15) is 74.7 Å². The number of likely N-dealkylation sites (N-methyl/N-ethyl adjacent to an activating group) is 1. The number of amides is 1. The quantitative estimate of drug-likeness (QED) is 0.130. The van der Waals surface area contributed by atoms with Gasteiger partial charge in [0.05, 0.1) is 23.9 Å². The number of nitrogens with zero attached hydrogens (tertiary/aromatic N) is 5. The van der Waals surface area contributed by atoms with Crippen LogP contribution in [0.3, 0.4) is 0 Å². The van der Waals surface area contributed by atoms with Crippen molar-refractivity contribution in [2.24, 2.45) is 28.8 Å². The first kappa shape index (κ1) is 39.6. The Morgan fingerprint density at radius 1 is 1.08 bits per heavy atom. The van der Waals surface area contributed by atoms with Gasteiger partial charge in [-0.1, -0.05) is 32.8 Å². The van der Waals surface area contributed by atoms with Crippen LogP contribution in [-0.4, -0.2) is 127 Å². The molecule has 0 spiro atoms. The molecule has 0 saturated carbocycles. The highest BCUT2D eigenvalue weighted by Gasteiger charge is 2.60. The first-order valence-corrected chi connectivity index (χ1v) is 16.9. The molecule has 15 heteroatoms. The molecule has 0 radical (unpaired) electrons. The van der Waals surface area contributed by atoms with Crippen molar-refractivity contribution in [3.63, 3.8) is 0 Å². The van der Waals surface area contributed by atoms with E-state index in [0.29, 0.717) is 6.42 Å². The minimum atomic E-state index is -1.46. The van der Waals surface area contributed by atoms with Gasteiger partial charge in [-0.25, -0.2) is 4.79 Å². The molecule has 0 unspecified atom stereocenters. The van der Waals surface area contributed by atoms with Crippen molar-refractivity contribution in [2.45, 2.75) is 129 Å². The number of fused-ring (bicyclic) bond motifs is 1. The van der Waals surface area contributed by atoms with Crippen LogP contribution in [-0.2, 0) is 38.1 Å². The highest BCUT2D eigenvalue weighted by atomic mass is 16.7. The number of methoxy groups -OCH3 is 1. The second-order valence-corrected chi connectivity index (χ2v) is 14.3. The number of hydrogen-bond acceptors (Lipinski definition) is 12. The van der Waals surface area contributed by atoms with Gasteiger partial charge in [-0.3, -0.25) is 14.4 Å². The fourth-order valence-electron chi connectivity index (χ4n) is 7.91. The Morgan fingerprint density at radius 2 is 1.73 bits per heavy atom. The number of Topliss-reactive ketones (excluding diaryl/α,β-unsaturated/α-hetero) is 2. The van der Waals surface area contributed by atoms with Gasteiger partial charge < -0.3 is 38.6 Å². The molecule has 15 nitrogen and oxygen atoms in total. The third kappa shape index (κ3) is 7.81. The van der Waals surface area contributed by atoms with E-state index in [2.05, 4.69) is 10.0 Å². The van der Waals surface area contributed by atoms with Crippen molar-refractivity contribution in [1.82, 2.24) is 9.80 Å². The summed E-state index contributed by atoms with van der Waals surface area (Å²) in [7, 11) is 5.17. The Kier molecular flexibility index (Phi) is 13.1. The lowest BCUT2D eigenvalue weighted by Gasteiger charge is -2.47. The first-order valence-electron chi connectivity index (χ1n) is 16.9. The number of ether oxygens (including phenoxy) is 5. The van der Waals surface area contributed by atoms with Gasteiger partial charge in [-0.05, 0) is 66.6 Å². The zero-order valence-electron chi connectivity index (χ0n) is 30.2. The maximum absolute atomic E-state index is 14.3. The van der Waals surface area contributed by atoms with E-state index in [9.17, 15) is 24.3 Å². The molecule has 3 saturated heterocycles. The van der Waals surface area contributed by atoms with Crippen LogP contribution < -0.4 is 0 Å². The van der Waals surface area contributed by atoms with E-state index in [0.717, 1.165) is 0 Å². The van der Waals surface area contributed by atoms with Crippen LogP contribution in [0, 0.1) is 23.7 Å². The number of aliphatic hydroxyl groups is 1. The second-order valence-electron chi connectivity index (χ2n) is 14.3. The first-order chi connectivity index (χ1) is 22.4. The number of azide groups is 1. The molecule has 0 aliphatic carbocycles. The molecule has 0 aromatic rings. The Hall–Kier alpha value is -2.81. The molecule has 0 bridgehead atoms. The number of rotatable bonds is 8. The predicted octanol–water partition coefficient (Wildman–Crippen LogP) is 3.50. The Morgan fingerprint density at radius 3 is 2.29 bits per heavy atom. The van der Waals surface area contributed by atoms with Gasteiger partial charge in [0.15, 0.2) is 17.7 Å². The summed E-state index contributed by atoms with van der Waals surface area (Å²) in [6, 6.07) is -1.18. The lowest BCUT2D eigenvalue weighted by molar-refractivity contribution is -0.295. The molecule has 3 rings (SSSR count). The summed E-state index contributed by atoms with van der Waals surface area (Å²) in [5.41, 5.74) is 6.10. The van der Waals surface area contributed by atoms with E-state index in [1.54, 1.807) is 41.5 Å². The van der Waals surface area contributed by atoms with E-state index in [1.165, 1.54) is 18.9 Å². The molecular weight excluding hydrogens is 626 g/mol. The van der Waals surface area contributed by atoms with Gasteiger partial charge in [0.1, 0.15) is 23.9 Å². The van der Waals surface area contributed by atoms with Gasteiger partial charge >= 0.3 is 12.1 Å². The van der Waals surface area contributed by atoms with Crippen LogP contribution >= 0.6 is 0 Å². The van der Waals surface area contributed by atoms with Gasteiger partial charge in [0, 0.05) is 48.9 Å². The third-order valence-electron chi connectivity index (χ3n) is 10.7. The van der Waals surface area contributed by atoms with E-state index < -0.39 is 83.4 Å². The largest absolute Gasteiger partial charge is 0.458 e. The zero-order valence-corrected chi connectivity index (χ0v) is 30.2. The smallest absolute Gasteiger partial charge is 0.410 e. The average molecular weight is 682 g/mol. The number of hydrogen-bond donors (Lipinski definition) is 1. The summed E-state index contributed by atoms with van der Waals surface area (Å²) in [5.74, 6) is -5.23. The topological polar surface area (TPSA) is 190 Å². The maximum Gasteiger partial charge on any atom is 0.410 e. The van der Waals surface area contributed by atoms with E-state index in [1.807, 2.05) is 25.9 Å². The lowest BCUT2D eigenvalue weighted by atomic mass is 9.73. The van der Waals surface area contributed by atoms with Gasteiger partial charge in [0.25, 0.3) is 0 Å². The number of ketones is 2. The van der Waals surface area contributed by atoms with Crippen molar-refractivity contribution in [3.8, 4) is 0 Å². The fourth-order valence-corrected chi connectivity index (χ4v) is 7.91. The third-order valence-corrected chi connectivity index (χ3v) is 10.7. The molecule has 3 aliphatic rings. The number of carbonyl (C=O) groups excluding carboxylic acids is 4. The molecule has 0 aromatic heterocycles. The molecule has 3 aliphatic heterocycles. The van der Waals surface area contributed by atoms with Crippen LogP contribution in [0.2, 0.25) is 0 Å². The monoisotopic (exact) mass is 681 g/mol. The maximum atomic E-state index is 14.3. The van der Waals surface area contributed by atoms with E-state index in [-0.39, 0.29) is 43.9 Å². The molecule has 1 amide bonds. The average Bonchev–Trinajstić information content (AvgIpc) is 3.30. The van der Waals surface area contributed by atoms with Crippen molar-refractivity contribution in [1.29, 1.82) is 0 Å². The molecule has 272 valence electrons. The summed E-state index contributed by atoms with van der Waals surface area (Å²) >= 11 is 0. The number of aliphatic hydroxyl groups excluding tert-OH is 1. The highest BCUT2D eigenvalue weighted by Crippen LogP contribution is 2.43. The van der Waals surface area contributed by atoms with Crippen LogP contribution in [0.25, 0.3) is 10.4 Å². The summed E-state index contributed by atoms with van der Waals surface area (Å²) < 4.78 is 30.5. The molecule has 1 N–H and O–H groups in total. The number of carbonyl (C=O) groups is 4. The molecule has 48 heavy (non-hydrogen) atoms. The SMILES string of the molecule is CC[C@H]1OC(=O)[C@H](C)C(=O)[C@H](C)[C@@H](O[C@@H]2O[C@H](C)C[C@H](N(C)C)[C@H]2O)[C@@](C)(OC)C[C@@H](C)C(=O)[C@H](C)[C@H]2N(CCN=[N+]=[N-])C(=O)O[C@]12C. The Labute approximate surface area is 283 Å². The lowest BCUT2D eigenvalue weighted by Crippen LogP contribution is -2.60. The normalized spacial score (nSPS) is 41.7. The van der Waals surface area contributed by atoms with Gasteiger partial charge in [0.2, 0.25) is 0 Å². The molecule has 3 heterocycles. The van der Waals surface area contributed by atoms with Gasteiger partial charge in [-0.2, -0.15) is 0 Å². The van der Waals surface area contributed by atoms with Crippen LogP contribution in [0.15, 0.2) is 5.11 Å². The van der Waals surface area contributed by atoms with Crippen LogP contribution in [0.4, 0.5) is 4.79 Å². The van der Waals surface area contributed by atoms with Gasteiger partial charge in [-0.15, -0.1) is 0 Å². The van der Waals surface area contributed by atoms with Crippen molar-refractivity contribution in [3.05, 3.63) is 10.4 Å². The van der Waals surface area contributed by atoms with Crippen molar-refractivity contribution in [2.75, 3.05) is 34.3 Å². The Bertz CT molecular complexity index is 1250. The molecular formula is C33H55N5O10. The van der Waals surface area contributed by atoms with Crippen LogP contribution in [0.5, 0.6) is 0 Å². The predicted molar refractivity (Wildman–Crippen MR) is 174 cm³/mol. The molecule has 3 fully saturated rings. The Balaban J connectivity index is 2.14. The minimum absolute atomic E-state index is 0.0201. The minimum Gasteiger partial charge on any atom is -0.458 e. The fraction of sp³-hybridized carbons (Fsp3) is 0.879. The number of cyclic esters (lactones) is 1. The standard InChI is InChI=1S/C33H55N5O10/c1-12-23-33(8)27(38(31(43)48-33)14-13-35-36-34)19(4)24(39)17(2)16-32(7,44-11)28(20(5)25(40)21(6)29(42)46-23)47-30-26(41)22(37(9)10)15-18(3)45-30/h17-23,26-28,30,41H,12-16H2,1-11H3/t17-,18-,19+,20+,21-,22+,23-,26-,27-,28-,30+,32+,33-/m1/s1. The second kappa shape index (κ2) is 15.8. The highest BCUT2D eigenvalue weighted by molar-refractivity contribution is 6.00. The summed E-state index contributed by atoms with van der Waals surface area (Å²) in [5, 5.41) is 14.9. The van der Waals surface area contributed by atoms with E-state index in [4.69, 9.17) is 29.2 Å².